The molecule has 1 aromatic carbocycles. The number of aromatic amines is 1. The summed E-state index contributed by atoms with van der Waals surface area (Å²) in [7, 11) is 0. The van der Waals surface area contributed by atoms with Crippen molar-refractivity contribution in [3.63, 3.8) is 0 Å². The smallest absolute Gasteiger partial charge is 0.328 e. The predicted octanol–water partition coefficient (Wildman–Crippen LogP) is 2.34. The van der Waals surface area contributed by atoms with Crippen molar-refractivity contribution in [1.82, 2.24) is 9.88 Å². The van der Waals surface area contributed by atoms with E-state index in [1.807, 2.05) is 30.3 Å². The first-order valence-electron chi connectivity index (χ1n) is 7.26. The number of nitrogens with zero attached hydrogens (tertiary/aromatic N) is 1. The van der Waals surface area contributed by atoms with Gasteiger partial charge in [0.2, 0.25) is 0 Å². The molecule has 0 radical (unpaired) electrons. The van der Waals surface area contributed by atoms with Crippen molar-refractivity contribution in [3.05, 3.63) is 36.0 Å². The van der Waals surface area contributed by atoms with Crippen molar-refractivity contribution in [3.8, 4) is 0 Å². The van der Waals surface area contributed by atoms with Crippen LogP contribution in [0.5, 0.6) is 0 Å². The van der Waals surface area contributed by atoms with Crippen LogP contribution in [0.15, 0.2) is 30.3 Å². The molecule has 21 heavy (non-hydrogen) atoms. The summed E-state index contributed by atoms with van der Waals surface area (Å²) < 4.78 is 5.06. The summed E-state index contributed by atoms with van der Waals surface area (Å²) in [5.74, 6) is -0.443. The van der Waals surface area contributed by atoms with Gasteiger partial charge in [0.25, 0.3) is 5.91 Å². The number of esters is 1. The predicted molar refractivity (Wildman–Crippen MR) is 79.0 cm³/mol. The lowest BCUT2D eigenvalue weighted by Crippen LogP contribution is -2.41. The van der Waals surface area contributed by atoms with Crippen molar-refractivity contribution < 1.29 is 14.3 Å². The van der Waals surface area contributed by atoms with Crippen molar-refractivity contribution in [2.75, 3.05) is 13.2 Å². The van der Waals surface area contributed by atoms with Gasteiger partial charge in [-0.1, -0.05) is 18.2 Å². The summed E-state index contributed by atoms with van der Waals surface area (Å²) in [6, 6.07) is 9.11. The molecular weight excluding hydrogens is 268 g/mol. The second kappa shape index (κ2) is 5.60. The number of amides is 1. The van der Waals surface area contributed by atoms with Crippen LogP contribution in [-0.2, 0) is 9.53 Å². The highest BCUT2D eigenvalue weighted by Gasteiger charge is 2.35. The molecule has 1 amide bonds. The van der Waals surface area contributed by atoms with Gasteiger partial charge in [-0.15, -0.1) is 0 Å². The molecule has 1 fully saturated rings. The number of hydrogen-bond acceptors (Lipinski definition) is 3. The van der Waals surface area contributed by atoms with Gasteiger partial charge in [0.05, 0.1) is 6.61 Å². The number of fused-ring (bicyclic) bond motifs is 1. The van der Waals surface area contributed by atoms with Gasteiger partial charge in [-0.2, -0.15) is 0 Å². The zero-order valence-corrected chi connectivity index (χ0v) is 12.0. The van der Waals surface area contributed by atoms with Crippen LogP contribution in [0.1, 0.15) is 30.3 Å². The van der Waals surface area contributed by atoms with Crippen LogP contribution in [-0.4, -0.2) is 41.0 Å². The molecule has 1 saturated heterocycles. The van der Waals surface area contributed by atoms with Crippen molar-refractivity contribution in [2.45, 2.75) is 25.8 Å². The monoisotopic (exact) mass is 286 g/mol. The summed E-state index contributed by atoms with van der Waals surface area (Å²) in [6.45, 7) is 2.71. The Labute approximate surface area is 122 Å². The summed E-state index contributed by atoms with van der Waals surface area (Å²) in [5, 5.41) is 0.993. The second-order valence-corrected chi connectivity index (χ2v) is 5.18. The number of H-pyrrole nitrogens is 1. The third kappa shape index (κ3) is 2.51. The molecule has 0 bridgehead atoms. The topological polar surface area (TPSA) is 62.4 Å². The zero-order chi connectivity index (χ0) is 14.8. The summed E-state index contributed by atoms with van der Waals surface area (Å²) in [5.41, 5.74) is 1.44. The fourth-order valence-corrected chi connectivity index (χ4v) is 2.84. The number of hydrogen-bond donors (Lipinski definition) is 1. The Hall–Kier alpha value is -2.30. The van der Waals surface area contributed by atoms with Gasteiger partial charge in [0, 0.05) is 17.4 Å². The van der Waals surface area contributed by atoms with Gasteiger partial charge < -0.3 is 14.6 Å². The molecular formula is C16H18N2O3. The van der Waals surface area contributed by atoms with Crippen LogP contribution < -0.4 is 0 Å². The van der Waals surface area contributed by atoms with Crippen LogP contribution in [0, 0.1) is 0 Å². The molecule has 1 atom stereocenters. The van der Waals surface area contributed by atoms with Crippen LogP contribution in [0.2, 0.25) is 0 Å². The minimum absolute atomic E-state index is 0.137. The molecule has 2 aromatic rings. The van der Waals surface area contributed by atoms with E-state index in [2.05, 4.69) is 4.98 Å². The summed E-state index contributed by atoms with van der Waals surface area (Å²) in [4.78, 5) is 29.3. The third-order valence-corrected chi connectivity index (χ3v) is 3.83. The number of aromatic nitrogens is 1. The van der Waals surface area contributed by atoms with E-state index in [9.17, 15) is 9.59 Å². The second-order valence-electron chi connectivity index (χ2n) is 5.18. The SMILES string of the molecule is CCOC(=O)C1CCCN1C(=O)c1cc2ccccc2[nH]1. The summed E-state index contributed by atoms with van der Waals surface area (Å²) in [6.07, 6.45) is 1.50. The highest BCUT2D eigenvalue weighted by atomic mass is 16.5. The van der Waals surface area contributed by atoms with Gasteiger partial charge in [0.15, 0.2) is 0 Å². The fourth-order valence-electron chi connectivity index (χ4n) is 2.84. The first-order valence-corrected chi connectivity index (χ1v) is 7.26. The normalized spacial score (nSPS) is 18.1. The van der Waals surface area contributed by atoms with Gasteiger partial charge in [-0.25, -0.2) is 4.79 Å². The number of ether oxygens (including phenoxy) is 1. The quantitative estimate of drug-likeness (QED) is 0.881. The lowest BCUT2D eigenvalue weighted by atomic mass is 10.2. The molecule has 1 N–H and O–H groups in total. The lowest BCUT2D eigenvalue weighted by molar-refractivity contribution is -0.147. The average Bonchev–Trinajstić information content (AvgIpc) is 3.13. The molecule has 5 heteroatoms. The number of para-hydroxylation sites is 1. The first-order chi connectivity index (χ1) is 10.2. The maximum atomic E-state index is 12.6. The Balaban J connectivity index is 1.85. The maximum Gasteiger partial charge on any atom is 0.328 e. The highest BCUT2D eigenvalue weighted by molar-refractivity contribution is 6.00. The molecule has 0 aliphatic carbocycles. The fraction of sp³-hybridized carbons (Fsp3) is 0.375. The van der Waals surface area contributed by atoms with Crippen molar-refractivity contribution in [1.29, 1.82) is 0 Å². The molecule has 2 heterocycles. The number of nitrogens with one attached hydrogen (secondary N) is 1. The molecule has 5 nitrogen and oxygen atoms in total. The van der Waals surface area contributed by atoms with E-state index in [0.717, 1.165) is 17.3 Å². The molecule has 1 unspecified atom stereocenters. The molecule has 0 spiro atoms. The Kier molecular flexibility index (Phi) is 3.64. The molecule has 1 aromatic heterocycles. The third-order valence-electron chi connectivity index (χ3n) is 3.83. The van der Waals surface area contributed by atoms with Gasteiger partial charge in [0.1, 0.15) is 11.7 Å². The zero-order valence-electron chi connectivity index (χ0n) is 12.0. The maximum absolute atomic E-state index is 12.6. The average molecular weight is 286 g/mol. The Morgan fingerprint density at radius 1 is 1.38 bits per heavy atom. The van der Waals surface area contributed by atoms with Crippen molar-refractivity contribution >= 4 is 22.8 Å². The largest absolute Gasteiger partial charge is 0.464 e. The molecule has 3 rings (SSSR count). The van der Waals surface area contributed by atoms with E-state index in [0.29, 0.717) is 25.3 Å². The Bertz CT molecular complexity index is 644. The van der Waals surface area contributed by atoms with E-state index < -0.39 is 6.04 Å². The summed E-state index contributed by atoms with van der Waals surface area (Å²) >= 11 is 0. The van der Waals surface area contributed by atoms with Gasteiger partial charge in [-0.3, -0.25) is 4.79 Å². The molecule has 0 saturated carbocycles. The van der Waals surface area contributed by atoms with Crippen LogP contribution in [0.4, 0.5) is 0 Å². The highest BCUT2D eigenvalue weighted by Crippen LogP contribution is 2.23. The molecule has 110 valence electrons. The van der Waals surface area contributed by atoms with E-state index >= 15 is 0 Å². The lowest BCUT2D eigenvalue weighted by Gasteiger charge is -2.22. The van der Waals surface area contributed by atoms with Crippen molar-refractivity contribution in [2.24, 2.45) is 0 Å². The van der Waals surface area contributed by atoms with Gasteiger partial charge >= 0.3 is 5.97 Å². The van der Waals surface area contributed by atoms with Crippen LogP contribution in [0.3, 0.4) is 0 Å². The van der Waals surface area contributed by atoms with E-state index in [1.54, 1.807) is 11.8 Å². The first kappa shape index (κ1) is 13.7. The number of benzene rings is 1. The number of carbonyl (C=O) groups is 2. The number of carbonyl (C=O) groups excluding carboxylic acids is 2. The van der Waals surface area contributed by atoms with E-state index in [4.69, 9.17) is 4.74 Å². The van der Waals surface area contributed by atoms with E-state index in [-0.39, 0.29) is 11.9 Å². The number of rotatable bonds is 3. The minimum Gasteiger partial charge on any atom is -0.464 e. The van der Waals surface area contributed by atoms with E-state index in [1.165, 1.54) is 0 Å². The Morgan fingerprint density at radius 3 is 2.95 bits per heavy atom. The Morgan fingerprint density at radius 2 is 2.19 bits per heavy atom. The standard InChI is InChI=1S/C16H18N2O3/c1-2-21-16(20)14-8-5-9-18(14)15(19)13-10-11-6-3-4-7-12(11)17-13/h3-4,6-7,10,14,17H,2,5,8-9H2,1H3. The molecule has 1 aliphatic rings. The number of likely N-dealkylation sites (tertiary alicyclic amines) is 1. The molecule has 1 aliphatic heterocycles. The van der Waals surface area contributed by atoms with Crippen LogP contribution >= 0.6 is 0 Å². The van der Waals surface area contributed by atoms with Crippen LogP contribution in [0.25, 0.3) is 10.9 Å². The minimum atomic E-state index is -0.455. The van der Waals surface area contributed by atoms with Gasteiger partial charge in [-0.05, 0) is 31.9 Å².